The van der Waals surface area contributed by atoms with Crippen molar-refractivity contribution in [3.05, 3.63) is 46.0 Å². The molecule has 5 nitrogen and oxygen atoms in total. The van der Waals surface area contributed by atoms with Gasteiger partial charge in [0.05, 0.1) is 16.3 Å². The fourth-order valence-electron chi connectivity index (χ4n) is 1.79. The van der Waals surface area contributed by atoms with E-state index in [9.17, 15) is 4.79 Å². The first-order valence-corrected chi connectivity index (χ1v) is 8.45. The summed E-state index contributed by atoms with van der Waals surface area (Å²) in [4.78, 5) is 23.4. The van der Waals surface area contributed by atoms with Crippen molar-refractivity contribution in [2.24, 2.45) is 0 Å². The van der Waals surface area contributed by atoms with Crippen LogP contribution in [0, 0.1) is 0 Å². The third kappa shape index (κ3) is 3.79. The fraction of sp³-hybridized carbons (Fsp3) is 0.0714. The van der Waals surface area contributed by atoms with E-state index in [4.69, 9.17) is 11.6 Å². The molecule has 0 aliphatic carbocycles. The molecule has 22 heavy (non-hydrogen) atoms. The van der Waals surface area contributed by atoms with Crippen LogP contribution >= 0.6 is 39.3 Å². The molecule has 0 fully saturated rings. The predicted molar refractivity (Wildman–Crippen MR) is 92.4 cm³/mol. The van der Waals surface area contributed by atoms with Crippen molar-refractivity contribution in [2.75, 3.05) is 11.1 Å². The minimum Gasteiger partial charge on any atom is -0.331 e. The van der Waals surface area contributed by atoms with Gasteiger partial charge in [0.25, 0.3) is 0 Å². The second-order valence-corrected chi connectivity index (χ2v) is 6.73. The second-order valence-electron chi connectivity index (χ2n) is 4.41. The van der Waals surface area contributed by atoms with E-state index >= 15 is 0 Å². The number of hydrogen-bond acceptors (Lipinski definition) is 4. The minimum atomic E-state index is -0.0984. The van der Waals surface area contributed by atoms with Crippen LogP contribution in [-0.2, 0) is 4.79 Å². The Morgan fingerprint density at radius 1 is 1.36 bits per heavy atom. The van der Waals surface area contributed by atoms with Gasteiger partial charge in [-0.3, -0.25) is 4.79 Å². The number of rotatable bonds is 4. The largest absolute Gasteiger partial charge is 0.331 e. The molecule has 2 heterocycles. The van der Waals surface area contributed by atoms with Crippen molar-refractivity contribution in [3.8, 4) is 0 Å². The number of pyridine rings is 1. The average Bonchev–Trinajstić information content (AvgIpc) is 2.89. The van der Waals surface area contributed by atoms with E-state index in [0.717, 1.165) is 15.7 Å². The number of fused-ring (bicyclic) bond motifs is 1. The van der Waals surface area contributed by atoms with Crippen molar-refractivity contribution >= 4 is 62.1 Å². The quantitative estimate of drug-likeness (QED) is 0.650. The van der Waals surface area contributed by atoms with Crippen LogP contribution in [0.25, 0.3) is 11.2 Å². The summed E-state index contributed by atoms with van der Waals surface area (Å²) in [6, 6.07) is 9.16. The molecule has 1 aromatic carbocycles. The van der Waals surface area contributed by atoms with Gasteiger partial charge < -0.3 is 10.3 Å². The van der Waals surface area contributed by atoms with Crippen molar-refractivity contribution in [1.29, 1.82) is 0 Å². The molecule has 0 bridgehead atoms. The molecule has 0 atom stereocenters. The maximum atomic E-state index is 11.9. The van der Waals surface area contributed by atoms with Gasteiger partial charge in [0.15, 0.2) is 10.8 Å². The number of nitrogens with zero attached hydrogens (tertiary/aromatic N) is 2. The SMILES string of the molecule is O=C(CSc1nc2ncc(Cl)cc2[nH]1)Nc1ccc(Br)cc1. The molecule has 2 N–H and O–H groups in total. The number of aromatic amines is 1. The summed E-state index contributed by atoms with van der Waals surface area (Å²) in [7, 11) is 0. The highest BCUT2D eigenvalue weighted by Crippen LogP contribution is 2.21. The lowest BCUT2D eigenvalue weighted by Gasteiger charge is -2.04. The Labute approximate surface area is 144 Å². The van der Waals surface area contributed by atoms with Gasteiger partial charge in [-0.15, -0.1) is 0 Å². The summed E-state index contributed by atoms with van der Waals surface area (Å²) in [5, 5.41) is 4.00. The maximum Gasteiger partial charge on any atom is 0.234 e. The van der Waals surface area contributed by atoms with E-state index in [1.54, 1.807) is 12.3 Å². The van der Waals surface area contributed by atoms with Crippen LogP contribution in [0.3, 0.4) is 0 Å². The van der Waals surface area contributed by atoms with Crippen LogP contribution in [-0.4, -0.2) is 26.6 Å². The van der Waals surface area contributed by atoms with E-state index in [1.165, 1.54) is 11.8 Å². The lowest BCUT2D eigenvalue weighted by Crippen LogP contribution is -2.13. The standard InChI is InChI=1S/C14H10BrClN4OS/c15-8-1-3-10(4-2-8)18-12(21)7-22-14-19-11-5-9(16)6-17-13(11)20-14/h1-6H,7H2,(H,18,21)(H,17,19,20). The molecule has 3 rings (SSSR count). The van der Waals surface area contributed by atoms with Crippen LogP contribution in [0.4, 0.5) is 5.69 Å². The van der Waals surface area contributed by atoms with E-state index in [2.05, 4.69) is 36.2 Å². The summed E-state index contributed by atoms with van der Waals surface area (Å²) in [5.74, 6) is 0.155. The van der Waals surface area contributed by atoms with Gasteiger partial charge >= 0.3 is 0 Å². The number of carbonyl (C=O) groups is 1. The zero-order valence-electron chi connectivity index (χ0n) is 11.1. The summed E-state index contributed by atoms with van der Waals surface area (Å²) < 4.78 is 0.966. The molecular formula is C14H10BrClN4OS. The lowest BCUT2D eigenvalue weighted by atomic mass is 10.3. The van der Waals surface area contributed by atoms with Crippen LogP contribution in [0.5, 0.6) is 0 Å². The number of hydrogen-bond donors (Lipinski definition) is 2. The van der Waals surface area contributed by atoms with Gasteiger partial charge in [0.2, 0.25) is 5.91 Å². The molecule has 0 aliphatic rings. The topological polar surface area (TPSA) is 70.7 Å². The lowest BCUT2D eigenvalue weighted by molar-refractivity contribution is -0.113. The molecule has 112 valence electrons. The van der Waals surface area contributed by atoms with Gasteiger partial charge in [-0.05, 0) is 30.3 Å². The Balaban J connectivity index is 1.61. The normalized spacial score (nSPS) is 10.8. The monoisotopic (exact) mass is 396 g/mol. The zero-order chi connectivity index (χ0) is 15.5. The van der Waals surface area contributed by atoms with Gasteiger partial charge in [-0.25, -0.2) is 9.97 Å². The molecule has 0 saturated carbocycles. The van der Waals surface area contributed by atoms with E-state index in [0.29, 0.717) is 15.8 Å². The van der Waals surface area contributed by atoms with Crippen LogP contribution in [0.15, 0.2) is 46.2 Å². The number of amides is 1. The number of carbonyl (C=O) groups excluding carboxylic acids is 1. The first-order chi connectivity index (χ1) is 10.6. The molecule has 3 aromatic rings. The molecule has 0 aliphatic heterocycles. The first-order valence-electron chi connectivity index (χ1n) is 6.29. The summed E-state index contributed by atoms with van der Waals surface area (Å²) in [6.07, 6.45) is 1.54. The highest BCUT2D eigenvalue weighted by Gasteiger charge is 2.08. The highest BCUT2D eigenvalue weighted by atomic mass is 79.9. The molecule has 1 amide bonds. The number of benzene rings is 1. The third-order valence-corrected chi connectivity index (χ3v) is 4.36. The highest BCUT2D eigenvalue weighted by molar-refractivity contribution is 9.10. The molecule has 0 unspecified atom stereocenters. The summed E-state index contributed by atoms with van der Waals surface area (Å²) in [6.45, 7) is 0. The Hall–Kier alpha value is -1.57. The number of halogens is 2. The van der Waals surface area contributed by atoms with Crippen molar-refractivity contribution in [1.82, 2.24) is 15.0 Å². The fourth-order valence-corrected chi connectivity index (χ4v) is 2.88. The average molecular weight is 398 g/mol. The number of nitrogens with one attached hydrogen (secondary N) is 2. The van der Waals surface area contributed by atoms with Crippen LogP contribution in [0.2, 0.25) is 5.02 Å². The van der Waals surface area contributed by atoms with Gasteiger partial charge in [0, 0.05) is 16.4 Å². The molecule has 2 aromatic heterocycles. The van der Waals surface area contributed by atoms with Gasteiger partial charge in [0.1, 0.15) is 0 Å². The third-order valence-electron chi connectivity index (χ3n) is 2.75. The molecular weight excluding hydrogens is 388 g/mol. The van der Waals surface area contributed by atoms with Gasteiger partial charge in [-0.2, -0.15) is 0 Å². The van der Waals surface area contributed by atoms with E-state index in [1.807, 2.05) is 24.3 Å². The Morgan fingerprint density at radius 2 is 2.14 bits per heavy atom. The first kappa shape index (κ1) is 15.3. The van der Waals surface area contributed by atoms with Crippen molar-refractivity contribution in [2.45, 2.75) is 5.16 Å². The summed E-state index contributed by atoms with van der Waals surface area (Å²) >= 11 is 10.5. The van der Waals surface area contributed by atoms with Crippen LogP contribution in [0.1, 0.15) is 0 Å². The number of aromatic nitrogens is 3. The van der Waals surface area contributed by atoms with Crippen molar-refractivity contribution in [3.63, 3.8) is 0 Å². The molecule has 0 radical (unpaired) electrons. The Morgan fingerprint density at radius 3 is 2.91 bits per heavy atom. The molecule has 8 heteroatoms. The van der Waals surface area contributed by atoms with Gasteiger partial charge in [-0.1, -0.05) is 39.3 Å². The van der Waals surface area contributed by atoms with Crippen LogP contribution < -0.4 is 5.32 Å². The number of anilines is 1. The number of H-pyrrole nitrogens is 1. The number of thioether (sulfide) groups is 1. The predicted octanol–water partition coefficient (Wildman–Crippen LogP) is 4.10. The Kier molecular flexibility index (Phi) is 4.66. The smallest absolute Gasteiger partial charge is 0.234 e. The minimum absolute atomic E-state index is 0.0984. The maximum absolute atomic E-state index is 11.9. The molecule has 0 saturated heterocycles. The van der Waals surface area contributed by atoms with E-state index < -0.39 is 0 Å². The van der Waals surface area contributed by atoms with Crippen molar-refractivity contribution < 1.29 is 4.79 Å². The molecule has 0 spiro atoms. The summed E-state index contributed by atoms with van der Waals surface area (Å²) in [5.41, 5.74) is 2.09. The van der Waals surface area contributed by atoms with E-state index in [-0.39, 0.29) is 11.7 Å². The second kappa shape index (κ2) is 6.68. The Bertz CT molecular complexity index is 821. The zero-order valence-corrected chi connectivity index (χ0v) is 14.3. The number of imidazole rings is 1.